The van der Waals surface area contributed by atoms with Gasteiger partial charge in [0.1, 0.15) is 0 Å². The van der Waals surface area contributed by atoms with Gasteiger partial charge in [0.2, 0.25) is 11.8 Å². The lowest BCUT2D eigenvalue weighted by Gasteiger charge is -2.36. The van der Waals surface area contributed by atoms with Gasteiger partial charge in [0.05, 0.1) is 6.54 Å². The van der Waals surface area contributed by atoms with Crippen LogP contribution in [0.5, 0.6) is 0 Å². The van der Waals surface area contributed by atoms with Gasteiger partial charge in [0, 0.05) is 38.1 Å². The zero-order chi connectivity index (χ0) is 17.7. The zero-order valence-electron chi connectivity index (χ0n) is 16.0. The largest absolute Gasteiger partial charge is 0.343 e. The summed E-state index contributed by atoms with van der Waals surface area (Å²) in [5.74, 6) is 0.559. The fourth-order valence-electron chi connectivity index (χ4n) is 3.96. The normalized spacial score (nSPS) is 20.2. The van der Waals surface area contributed by atoms with E-state index in [0.29, 0.717) is 12.6 Å². The van der Waals surface area contributed by atoms with Crippen LogP contribution in [0.1, 0.15) is 59.3 Å². The second-order valence-corrected chi connectivity index (χ2v) is 7.70. The van der Waals surface area contributed by atoms with Crippen molar-refractivity contribution in [1.29, 1.82) is 0 Å². The maximum Gasteiger partial charge on any atom is 0.236 e. The van der Waals surface area contributed by atoms with Crippen LogP contribution in [0.2, 0.25) is 0 Å². The third kappa shape index (κ3) is 4.71. The molecule has 2 fully saturated rings. The van der Waals surface area contributed by atoms with E-state index in [1.807, 2.05) is 30.7 Å². The van der Waals surface area contributed by atoms with Crippen molar-refractivity contribution in [2.45, 2.75) is 71.4 Å². The number of carbonyl (C=O) groups excluding carboxylic acids is 2. The highest BCUT2D eigenvalue weighted by molar-refractivity contribution is 5.81. The lowest BCUT2D eigenvalue weighted by molar-refractivity contribution is -0.141. The summed E-state index contributed by atoms with van der Waals surface area (Å²) in [5, 5.41) is 0. The summed E-state index contributed by atoms with van der Waals surface area (Å²) >= 11 is 0. The monoisotopic (exact) mass is 337 g/mol. The number of likely N-dealkylation sites (tertiary alicyclic amines) is 1. The Bertz CT molecular complexity index is 424. The van der Waals surface area contributed by atoms with Crippen molar-refractivity contribution in [1.82, 2.24) is 14.7 Å². The summed E-state index contributed by atoms with van der Waals surface area (Å²) in [4.78, 5) is 31.2. The van der Waals surface area contributed by atoms with Crippen LogP contribution in [-0.4, -0.2) is 71.8 Å². The maximum absolute atomic E-state index is 12.6. The summed E-state index contributed by atoms with van der Waals surface area (Å²) < 4.78 is 0. The van der Waals surface area contributed by atoms with Crippen molar-refractivity contribution >= 4 is 11.8 Å². The van der Waals surface area contributed by atoms with Crippen molar-refractivity contribution in [2.75, 3.05) is 33.2 Å². The molecule has 2 aliphatic rings. The molecule has 2 rings (SSSR count). The number of hydrogen-bond acceptors (Lipinski definition) is 3. The predicted octanol–water partition coefficient (Wildman–Crippen LogP) is 2.36. The molecule has 0 aromatic heterocycles. The molecule has 5 heteroatoms. The minimum absolute atomic E-state index is 0.0820. The first-order chi connectivity index (χ1) is 11.4. The van der Waals surface area contributed by atoms with E-state index in [4.69, 9.17) is 0 Å². The molecule has 0 unspecified atom stereocenters. The van der Waals surface area contributed by atoms with Gasteiger partial charge in [0.25, 0.3) is 0 Å². The van der Waals surface area contributed by atoms with Gasteiger partial charge in [-0.2, -0.15) is 0 Å². The summed E-state index contributed by atoms with van der Waals surface area (Å²) in [6.45, 7) is 9.18. The van der Waals surface area contributed by atoms with Crippen LogP contribution < -0.4 is 0 Å². The third-order valence-electron chi connectivity index (χ3n) is 5.90. The standard InChI is InChI=1S/C19H35N3O2/c1-5-21(17-8-6-7-9-17)14-18(23)22-12-10-16(11-13-22)19(24)20(4)15(2)3/h15-17H,5-14H2,1-4H3. The Kier molecular flexibility index (Phi) is 7.08. The molecule has 138 valence electrons. The van der Waals surface area contributed by atoms with Gasteiger partial charge in [-0.3, -0.25) is 14.5 Å². The van der Waals surface area contributed by atoms with Crippen molar-refractivity contribution in [3.63, 3.8) is 0 Å². The van der Waals surface area contributed by atoms with Crippen LogP contribution in [0.25, 0.3) is 0 Å². The van der Waals surface area contributed by atoms with Crippen molar-refractivity contribution in [3.05, 3.63) is 0 Å². The summed E-state index contributed by atoms with van der Waals surface area (Å²) in [7, 11) is 1.88. The number of nitrogens with zero attached hydrogens (tertiary/aromatic N) is 3. The molecule has 0 N–H and O–H groups in total. The summed E-state index contributed by atoms with van der Waals surface area (Å²) in [6.07, 6.45) is 6.67. The first-order valence-corrected chi connectivity index (χ1v) is 9.72. The van der Waals surface area contributed by atoms with Crippen LogP contribution in [0.3, 0.4) is 0 Å². The van der Waals surface area contributed by atoms with E-state index in [0.717, 1.165) is 32.5 Å². The Morgan fingerprint density at radius 3 is 2.17 bits per heavy atom. The smallest absolute Gasteiger partial charge is 0.236 e. The van der Waals surface area contributed by atoms with E-state index in [-0.39, 0.29) is 23.8 Å². The highest BCUT2D eigenvalue weighted by Gasteiger charge is 2.31. The minimum atomic E-state index is 0.0820. The molecule has 24 heavy (non-hydrogen) atoms. The van der Waals surface area contributed by atoms with E-state index in [9.17, 15) is 9.59 Å². The maximum atomic E-state index is 12.6. The second-order valence-electron chi connectivity index (χ2n) is 7.70. The van der Waals surface area contributed by atoms with Gasteiger partial charge in [-0.1, -0.05) is 19.8 Å². The van der Waals surface area contributed by atoms with Gasteiger partial charge in [-0.15, -0.1) is 0 Å². The van der Waals surface area contributed by atoms with E-state index in [1.165, 1.54) is 25.7 Å². The molecule has 1 aliphatic heterocycles. The number of hydrogen-bond donors (Lipinski definition) is 0. The highest BCUT2D eigenvalue weighted by Crippen LogP contribution is 2.24. The summed E-state index contributed by atoms with van der Waals surface area (Å²) in [5.41, 5.74) is 0. The number of amides is 2. The first-order valence-electron chi connectivity index (χ1n) is 9.72. The predicted molar refractivity (Wildman–Crippen MR) is 96.7 cm³/mol. The van der Waals surface area contributed by atoms with Crippen molar-refractivity contribution < 1.29 is 9.59 Å². The number of likely N-dealkylation sites (N-methyl/N-ethyl adjacent to an activating group) is 1. The van der Waals surface area contributed by atoms with Gasteiger partial charge in [-0.05, 0) is 46.1 Å². The van der Waals surface area contributed by atoms with E-state index in [1.54, 1.807) is 0 Å². The third-order valence-corrected chi connectivity index (χ3v) is 5.90. The lowest BCUT2D eigenvalue weighted by Crippen LogP contribution is -2.48. The average Bonchev–Trinajstić information content (AvgIpc) is 3.12. The van der Waals surface area contributed by atoms with Crippen molar-refractivity contribution in [3.8, 4) is 0 Å². The molecule has 0 aromatic carbocycles. The van der Waals surface area contributed by atoms with Gasteiger partial charge in [-0.25, -0.2) is 0 Å². The van der Waals surface area contributed by atoms with Gasteiger partial charge >= 0.3 is 0 Å². The zero-order valence-corrected chi connectivity index (χ0v) is 16.0. The fourth-order valence-corrected chi connectivity index (χ4v) is 3.96. The minimum Gasteiger partial charge on any atom is -0.343 e. The Balaban J connectivity index is 1.80. The molecule has 1 saturated carbocycles. The molecule has 1 saturated heterocycles. The molecular weight excluding hydrogens is 302 g/mol. The molecule has 0 spiro atoms. The number of piperidine rings is 1. The van der Waals surface area contributed by atoms with E-state index >= 15 is 0 Å². The SMILES string of the molecule is CCN(CC(=O)N1CCC(C(=O)N(C)C(C)C)CC1)C1CCCC1. The highest BCUT2D eigenvalue weighted by atomic mass is 16.2. The van der Waals surface area contributed by atoms with Gasteiger partial charge < -0.3 is 9.80 Å². The Hall–Kier alpha value is -1.10. The fraction of sp³-hybridized carbons (Fsp3) is 0.895. The van der Waals surface area contributed by atoms with Crippen LogP contribution >= 0.6 is 0 Å². The average molecular weight is 338 g/mol. The molecule has 5 nitrogen and oxygen atoms in total. The molecule has 0 bridgehead atoms. The Morgan fingerprint density at radius 2 is 1.67 bits per heavy atom. The Morgan fingerprint density at radius 1 is 1.08 bits per heavy atom. The van der Waals surface area contributed by atoms with Crippen LogP contribution in [0, 0.1) is 5.92 Å². The van der Waals surface area contributed by atoms with E-state index in [2.05, 4.69) is 11.8 Å². The number of carbonyl (C=O) groups is 2. The molecule has 2 amide bonds. The summed E-state index contributed by atoms with van der Waals surface area (Å²) in [6, 6.07) is 0.833. The van der Waals surface area contributed by atoms with Crippen LogP contribution in [0.15, 0.2) is 0 Å². The lowest BCUT2D eigenvalue weighted by atomic mass is 9.95. The molecule has 0 radical (unpaired) electrons. The Labute approximate surface area is 147 Å². The van der Waals surface area contributed by atoms with Gasteiger partial charge in [0.15, 0.2) is 0 Å². The first kappa shape index (κ1) is 19.2. The molecule has 0 aromatic rings. The molecular formula is C19H35N3O2. The quantitative estimate of drug-likeness (QED) is 0.747. The van der Waals surface area contributed by atoms with Crippen LogP contribution in [-0.2, 0) is 9.59 Å². The molecule has 1 heterocycles. The van der Waals surface area contributed by atoms with Crippen molar-refractivity contribution in [2.24, 2.45) is 5.92 Å². The molecule has 1 aliphatic carbocycles. The van der Waals surface area contributed by atoms with E-state index < -0.39 is 0 Å². The van der Waals surface area contributed by atoms with Crippen LogP contribution in [0.4, 0.5) is 0 Å². The second kappa shape index (κ2) is 8.84. The molecule has 0 atom stereocenters. The number of rotatable bonds is 6. The topological polar surface area (TPSA) is 43.9 Å².